The van der Waals surface area contributed by atoms with Crippen LogP contribution < -0.4 is 14.8 Å². The van der Waals surface area contributed by atoms with Crippen molar-refractivity contribution in [2.75, 3.05) is 11.9 Å². The third-order valence-electron chi connectivity index (χ3n) is 4.08. The van der Waals surface area contributed by atoms with Gasteiger partial charge in [0.25, 0.3) is 5.91 Å². The first kappa shape index (κ1) is 19.5. The Hall–Kier alpha value is -3.27. The van der Waals surface area contributed by atoms with E-state index in [0.29, 0.717) is 17.9 Å². The molecule has 1 N–H and O–H groups in total. The fourth-order valence-electron chi connectivity index (χ4n) is 2.76. The summed E-state index contributed by atoms with van der Waals surface area (Å²) in [4.78, 5) is 12.5. The third-order valence-corrected chi connectivity index (χ3v) is 4.08. The highest BCUT2D eigenvalue weighted by Gasteiger charge is 2.08. The van der Waals surface area contributed by atoms with Gasteiger partial charge in [0.1, 0.15) is 11.5 Å². The number of amides is 1. The summed E-state index contributed by atoms with van der Waals surface area (Å²) in [5.41, 5.74) is 2.51. The molecule has 0 fully saturated rings. The molecule has 0 aliphatic rings. The molecule has 3 aromatic rings. The molecule has 0 atom stereocenters. The highest BCUT2D eigenvalue weighted by Crippen LogP contribution is 2.20. The van der Waals surface area contributed by atoms with E-state index in [2.05, 4.69) is 17.4 Å². The molecule has 4 heteroatoms. The van der Waals surface area contributed by atoms with Gasteiger partial charge in [-0.2, -0.15) is 0 Å². The summed E-state index contributed by atoms with van der Waals surface area (Å²) in [6.45, 7) is 4.53. The molecular weight excluding hydrogens is 350 g/mol. The molecule has 0 bridgehead atoms. The van der Waals surface area contributed by atoms with Crippen molar-refractivity contribution in [2.24, 2.45) is 0 Å². The van der Waals surface area contributed by atoms with Gasteiger partial charge in [-0.15, -0.1) is 0 Å². The Morgan fingerprint density at radius 1 is 0.893 bits per heavy atom. The Balaban J connectivity index is 1.53. The van der Waals surface area contributed by atoms with Gasteiger partial charge in [-0.05, 0) is 55.8 Å². The summed E-state index contributed by atoms with van der Waals surface area (Å²) < 4.78 is 11.4. The zero-order valence-corrected chi connectivity index (χ0v) is 16.2. The molecule has 0 saturated carbocycles. The average Bonchev–Trinajstić information content (AvgIpc) is 2.69. The minimum atomic E-state index is -0.169. The molecule has 0 saturated heterocycles. The summed E-state index contributed by atoms with van der Waals surface area (Å²) in [6, 6.07) is 24.8. The van der Waals surface area contributed by atoms with E-state index in [1.54, 1.807) is 12.1 Å². The fourth-order valence-corrected chi connectivity index (χ4v) is 2.76. The second kappa shape index (κ2) is 9.60. The van der Waals surface area contributed by atoms with E-state index < -0.39 is 0 Å². The third kappa shape index (κ3) is 5.88. The molecule has 0 spiro atoms. The highest BCUT2D eigenvalue weighted by atomic mass is 16.5. The van der Waals surface area contributed by atoms with Crippen LogP contribution in [-0.2, 0) is 6.42 Å². The maximum absolute atomic E-state index is 12.5. The highest BCUT2D eigenvalue weighted by molar-refractivity contribution is 6.04. The van der Waals surface area contributed by atoms with E-state index in [1.807, 2.05) is 68.4 Å². The topological polar surface area (TPSA) is 47.6 Å². The van der Waals surface area contributed by atoms with Crippen molar-refractivity contribution in [3.8, 4) is 11.5 Å². The van der Waals surface area contributed by atoms with Crippen molar-refractivity contribution < 1.29 is 14.3 Å². The Kier molecular flexibility index (Phi) is 6.68. The van der Waals surface area contributed by atoms with E-state index in [9.17, 15) is 4.79 Å². The number of benzene rings is 3. The van der Waals surface area contributed by atoms with Crippen LogP contribution >= 0.6 is 0 Å². The van der Waals surface area contributed by atoms with E-state index in [1.165, 1.54) is 5.56 Å². The predicted molar refractivity (Wildman–Crippen MR) is 112 cm³/mol. The van der Waals surface area contributed by atoms with Gasteiger partial charge in [-0.3, -0.25) is 4.79 Å². The van der Waals surface area contributed by atoms with Gasteiger partial charge in [0.05, 0.1) is 12.7 Å². The molecular formula is C24H25NO3. The van der Waals surface area contributed by atoms with Crippen molar-refractivity contribution in [3.05, 3.63) is 90.0 Å². The van der Waals surface area contributed by atoms with Gasteiger partial charge < -0.3 is 14.8 Å². The SMILES string of the molecule is CC(C)Oc1cccc(NC(=O)c2ccc(OCCc3ccccc3)cc2)c1. The van der Waals surface area contributed by atoms with Crippen molar-refractivity contribution in [2.45, 2.75) is 26.4 Å². The molecule has 3 aromatic carbocycles. The average molecular weight is 375 g/mol. The maximum atomic E-state index is 12.5. The molecule has 0 aromatic heterocycles. The maximum Gasteiger partial charge on any atom is 0.255 e. The lowest BCUT2D eigenvalue weighted by molar-refractivity contribution is 0.102. The van der Waals surface area contributed by atoms with Crippen LogP contribution in [0.5, 0.6) is 11.5 Å². The summed E-state index contributed by atoms with van der Waals surface area (Å²) in [6.07, 6.45) is 0.929. The van der Waals surface area contributed by atoms with Gasteiger partial charge in [0.15, 0.2) is 0 Å². The standard InChI is InChI=1S/C24H25NO3/c1-18(2)28-23-10-6-9-21(17-23)25-24(26)20-11-13-22(14-12-20)27-16-15-19-7-4-3-5-8-19/h3-14,17-18H,15-16H2,1-2H3,(H,25,26). The molecule has 1 amide bonds. The molecule has 0 aliphatic carbocycles. The minimum absolute atomic E-state index is 0.0837. The lowest BCUT2D eigenvalue weighted by Crippen LogP contribution is -2.12. The number of rotatable bonds is 8. The summed E-state index contributed by atoms with van der Waals surface area (Å²) in [5, 5.41) is 2.90. The zero-order valence-electron chi connectivity index (χ0n) is 16.2. The van der Waals surface area contributed by atoms with E-state index in [0.717, 1.165) is 17.9 Å². The summed E-state index contributed by atoms with van der Waals surface area (Å²) in [7, 11) is 0. The van der Waals surface area contributed by atoms with E-state index in [4.69, 9.17) is 9.47 Å². The first-order valence-corrected chi connectivity index (χ1v) is 9.45. The van der Waals surface area contributed by atoms with Gasteiger partial charge in [0, 0.05) is 23.7 Å². The number of ether oxygens (including phenoxy) is 2. The van der Waals surface area contributed by atoms with E-state index in [-0.39, 0.29) is 12.0 Å². The lowest BCUT2D eigenvalue weighted by atomic mass is 10.1. The fraction of sp³-hybridized carbons (Fsp3) is 0.208. The largest absolute Gasteiger partial charge is 0.493 e. The molecule has 3 rings (SSSR count). The van der Waals surface area contributed by atoms with Crippen LogP contribution in [0.2, 0.25) is 0 Å². The first-order valence-electron chi connectivity index (χ1n) is 9.45. The predicted octanol–water partition coefficient (Wildman–Crippen LogP) is 5.35. The van der Waals surface area contributed by atoms with Crippen LogP contribution in [0.4, 0.5) is 5.69 Å². The first-order chi connectivity index (χ1) is 13.6. The second-order valence-electron chi connectivity index (χ2n) is 6.76. The van der Waals surface area contributed by atoms with Gasteiger partial charge >= 0.3 is 0 Å². The number of carbonyl (C=O) groups is 1. The molecule has 0 radical (unpaired) electrons. The monoisotopic (exact) mass is 375 g/mol. The Morgan fingerprint density at radius 2 is 1.64 bits per heavy atom. The Morgan fingerprint density at radius 3 is 2.36 bits per heavy atom. The number of carbonyl (C=O) groups excluding carboxylic acids is 1. The number of hydrogen-bond acceptors (Lipinski definition) is 3. The zero-order chi connectivity index (χ0) is 19.8. The van der Waals surface area contributed by atoms with Crippen molar-refractivity contribution in [1.29, 1.82) is 0 Å². The quantitative estimate of drug-likeness (QED) is 0.577. The van der Waals surface area contributed by atoms with Crippen LogP contribution in [0.25, 0.3) is 0 Å². The van der Waals surface area contributed by atoms with Crippen LogP contribution in [0.3, 0.4) is 0 Å². The smallest absolute Gasteiger partial charge is 0.255 e. The molecule has 28 heavy (non-hydrogen) atoms. The van der Waals surface area contributed by atoms with Crippen LogP contribution in [0.15, 0.2) is 78.9 Å². The number of anilines is 1. The van der Waals surface area contributed by atoms with Gasteiger partial charge in [-0.25, -0.2) is 0 Å². The van der Waals surface area contributed by atoms with Crippen LogP contribution in [0.1, 0.15) is 29.8 Å². The molecule has 0 aliphatic heterocycles. The molecule has 4 nitrogen and oxygen atoms in total. The minimum Gasteiger partial charge on any atom is -0.493 e. The second-order valence-corrected chi connectivity index (χ2v) is 6.76. The van der Waals surface area contributed by atoms with Crippen molar-refractivity contribution in [1.82, 2.24) is 0 Å². The number of nitrogens with one attached hydrogen (secondary N) is 1. The van der Waals surface area contributed by atoms with E-state index >= 15 is 0 Å². The van der Waals surface area contributed by atoms with Gasteiger partial charge in [-0.1, -0.05) is 36.4 Å². The lowest BCUT2D eigenvalue weighted by Gasteiger charge is -2.12. The Bertz CT molecular complexity index is 889. The Labute approximate surface area is 166 Å². The number of hydrogen-bond donors (Lipinski definition) is 1. The van der Waals surface area contributed by atoms with Crippen LogP contribution in [-0.4, -0.2) is 18.6 Å². The van der Waals surface area contributed by atoms with Gasteiger partial charge in [0.2, 0.25) is 0 Å². The van der Waals surface area contributed by atoms with Crippen molar-refractivity contribution in [3.63, 3.8) is 0 Å². The summed E-state index contributed by atoms with van der Waals surface area (Å²) in [5.74, 6) is 1.31. The molecule has 144 valence electrons. The summed E-state index contributed by atoms with van der Waals surface area (Å²) >= 11 is 0. The normalized spacial score (nSPS) is 10.5. The molecule has 0 heterocycles. The van der Waals surface area contributed by atoms with Crippen LogP contribution in [0, 0.1) is 0 Å². The molecule has 0 unspecified atom stereocenters. The van der Waals surface area contributed by atoms with Crippen molar-refractivity contribution >= 4 is 11.6 Å².